The second-order valence-electron chi connectivity index (χ2n) is 4.69. The van der Waals surface area contributed by atoms with E-state index in [-0.39, 0.29) is 0 Å². The third-order valence-corrected chi connectivity index (χ3v) is 9.62. The quantitative estimate of drug-likeness (QED) is 0.409. The third kappa shape index (κ3) is 3.14. The first-order chi connectivity index (χ1) is 7.47. The highest BCUT2D eigenvalue weighted by Gasteiger charge is 2.36. The van der Waals surface area contributed by atoms with Crippen molar-refractivity contribution in [2.24, 2.45) is 0 Å². The van der Waals surface area contributed by atoms with Gasteiger partial charge in [0.05, 0.1) is 0 Å². The number of hydrogen-bond donors (Lipinski definition) is 0. The smallest absolute Gasteiger partial charge is 0.149 e. The predicted octanol–water partition coefficient (Wildman–Crippen LogP) is 4.58. The van der Waals surface area contributed by atoms with Crippen molar-refractivity contribution in [3.8, 4) is 11.5 Å². The van der Waals surface area contributed by atoms with E-state index >= 15 is 0 Å². The lowest BCUT2D eigenvalue weighted by atomic mass is 10.2. The monoisotopic (exact) mass is 250 g/mol. The normalized spacial score (nSPS) is 11.4. The summed E-state index contributed by atoms with van der Waals surface area (Å²) >= 11 is 6.72. The lowest BCUT2D eigenvalue weighted by Crippen LogP contribution is -2.33. The fourth-order valence-electron chi connectivity index (χ4n) is 1.64. The molecule has 0 heterocycles. The van der Waals surface area contributed by atoms with Crippen LogP contribution in [0.5, 0.6) is 0 Å². The van der Waals surface area contributed by atoms with Crippen molar-refractivity contribution in [1.82, 2.24) is 0 Å². The van der Waals surface area contributed by atoms with Crippen molar-refractivity contribution in [1.29, 1.82) is 0 Å². The number of rotatable bonds is 2. The van der Waals surface area contributed by atoms with Crippen molar-refractivity contribution in [3.63, 3.8) is 0 Å². The zero-order valence-electron chi connectivity index (χ0n) is 10.4. The Morgan fingerprint density at radius 2 is 1.50 bits per heavy atom. The molecule has 0 N–H and O–H groups in total. The van der Waals surface area contributed by atoms with E-state index < -0.39 is 7.38 Å². The number of hydrogen-bond acceptors (Lipinski definition) is 0. The van der Waals surface area contributed by atoms with Crippen molar-refractivity contribution >= 4 is 18.5 Å². The van der Waals surface area contributed by atoms with Gasteiger partial charge >= 0.3 is 0 Å². The number of benzene rings is 1. The van der Waals surface area contributed by atoms with Crippen LogP contribution < -0.4 is 0 Å². The zero-order valence-corrected chi connectivity index (χ0v) is 12.2. The maximum absolute atomic E-state index is 6.72. The van der Waals surface area contributed by atoms with Crippen molar-refractivity contribution in [2.45, 2.75) is 38.8 Å². The van der Waals surface area contributed by atoms with Crippen molar-refractivity contribution in [3.05, 3.63) is 35.9 Å². The Labute approximate surface area is 105 Å². The van der Waals surface area contributed by atoms with Crippen LogP contribution in [-0.2, 0) is 0 Å². The first kappa shape index (κ1) is 13.4. The van der Waals surface area contributed by atoms with E-state index in [0.717, 1.165) is 5.56 Å². The van der Waals surface area contributed by atoms with Gasteiger partial charge in [0.1, 0.15) is 0 Å². The summed E-state index contributed by atoms with van der Waals surface area (Å²) in [6.07, 6.45) is 0. The van der Waals surface area contributed by atoms with E-state index in [1.165, 1.54) is 0 Å². The van der Waals surface area contributed by atoms with Crippen LogP contribution in [0.4, 0.5) is 0 Å². The minimum absolute atomic E-state index is 0.477. The molecule has 0 spiro atoms. The summed E-state index contributed by atoms with van der Waals surface area (Å²) in [5.74, 6) is 3.23. The van der Waals surface area contributed by atoms with E-state index in [0.29, 0.717) is 11.1 Å². The molecule has 1 rings (SSSR count). The van der Waals surface area contributed by atoms with Crippen LogP contribution in [-0.4, -0.2) is 7.38 Å². The van der Waals surface area contributed by atoms with Crippen LogP contribution in [0.25, 0.3) is 0 Å². The molecule has 0 fully saturated rings. The molecule has 0 nitrogen and oxygen atoms in total. The van der Waals surface area contributed by atoms with E-state index in [1.54, 1.807) is 0 Å². The fraction of sp³-hybridized carbons (Fsp3) is 0.429. The molecular weight excluding hydrogens is 232 g/mol. The average Bonchev–Trinajstić information content (AvgIpc) is 2.26. The summed E-state index contributed by atoms with van der Waals surface area (Å²) in [6.45, 7) is 8.72. The minimum atomic E-state index is -1.98. The molecule has 0 aliphatic carbocycles. The predicted molar refractivity (Wildman–Crippen MR) is 75.1 cm³/mol. The van der Waals surface area contributed by atoms with Gasteiger partial charge in [-0.15, -0.1) is 16.6 Å². The topological polar surface area (TPSA) is 0 Å². The second-order valence-corrected chi connectivity index (χ2v) is 10.7. The van der Waals surface area contributed by atoms with Gasteiger partial charge in [0, 0.05) is 5.56 Å². The maximum atomic E-state index is 6.72. The Bertz CT molecular complexity index is 376. The fourth-order valence-corrected chi connectivity index (χ4v) is 4.03. The Balaban J connectivity index is 2.98. The van der Waals surface area contributed by atoms with Gasteiger partial charge in [-0.25, -0.2) is 0 Å². The zero-order chi connectivity index (χ0) is 12.2. The minimum Gasteiger partial charge on any atom is -0.149 e. The van der Waals surface area contributed by atoms with Crippen LogP contribution >= 0.6 is 11.1 Å². The van der Waals surface area contributed by atoms with Gasteiger partial charge in [0.2, 0.25) is 7.38 Å². The molecule has 0 radical (unpaired) electrons. The first-order valence-electron chi connectivity index (χ1n) is 5.74. The molecule has 0 aliphatic heterocycles. The van der Waals surface area contributed by atoms with Crippen LogP contribution in [0.15, 0.2) is 30.3 Å². The van der Waals surface area contributed by atoms with Crippen molar-refractivity contribution < 1.29 is 0 Å². The molecule has 2 heteroatoms. The lowest BCUT2D eigenvalue weighted by Gasteiger charge is -2.26. The van der Waals surface area contributed by atoms with E-state index in [2.05, 4.69) is 39.2 Å². The van der Waals surface area contributed by atoms with Crippen molar-refractivity contribution in [2.75, 3.05) is 0 Å². The van der Waals surface area contributed by atoms with Crippen LogP contribution in [0.1, 0.15) is 33.3 Å². The number of halogens is 1. The molecule has 0 saturated heterocycles. The lowest BCUT2D eigenvalue weighted by molar-refractivity contribution is 0.943. The second kappa shape index (κ2) is 5.57. The summed E-state index contributed by atoms with van der Waals surface area (Å²) in [5, 5.41) is 0. The summed E-state index contributed by atoms with van der Waals surface area (Å²) in [4.78, 5) is 0. The molecule has 0 saturated carbocycles. The summed E-state index contributed by atoms with van der Waals surface area (Å²) in [5.41, 5.74) is 5.38. The molecule has 0 bridgehead atoms. The van der Waals surface area contributed by atoms with Gasteiger partial charge in [-0.1, -0.05) is 51.8 Å². The standard InChI is InChI=1S/C14H19ClSi/c1-12(2)16(15,13(3)4)11-10-14-8-6-5-7-9-14/h5-9,12-13H,1-4H3. The summed E-state index contributed by atoms with van der Waals surface area (Å²) in [7, 11) is -1.98. The van der Waals surface area contributed by atoms with Gasteiger partial charge in [0.15, 0.2) is 0 Å². The maximum Gasteiger partial charge on any atom is 0.239 e. The Hall–Kier alpha value is -0.713. The molecule has 0 aliphatic rings. The molecule has 0 unspecified atom stereocenters. The highest BCUT2D eigenvalue weighted by molar-refractivity contribution is 7.26. The largest absolute Gasteiger partial charge is 0.239 e. The average molecular weight is 251 g/mol. The molecule has 86 valence electrons. The molecular formula is C14H19ClSi. The van der Waals surface area contributed by atoms with Gasteiger partial charge in [-0.3, -0.25) is 0 Å². The van der Waals surface area contributed by atoms with E-state index in [9.17, 15) is 0 Å². The molecule has 0 aromatic heterocycles. The van der Waals surface area contributed by atoms with Gasteiger partial charge in [-0.05, 0) is 23.2 Å². The highest BCUT2D eigenvalue weighted by Crippen LogP contribution is 2.35. The summed E-state index contributed by atoms with van der Waals surface area (Å²) in [6, 6.07) is 10.1. The Morgan fingerprint density at radius 1 is 1.00 bits per heavy atom. The van der Waals surface area contributed by atoms with Crippen LogP contribution in [0, 0.1) is 11.5 Å². The van der Waals surface area contributed by atoms with Gasteiger partial charge in [0.25, 0.3) is 0 Å². The molecule has 0 atom stereocenters. The molecule has 0 amide bonds. The Kier molecular flexibility index (Phi) is 4.65. The Morgan fingerprint density at radius 3 is 1.94 bits per heavy atom. The molecule has 1 aromatic rings. The van der Waals surface area contributed by atoms with E-state index in [4.69, 9.17) is 11.1 Å². The molecule has 16 heavy (non-hydrogen) atoms. The summed E-state index contributed by atoms with van der Waals surface area (Å²) < 4.78 is 0. The van der Waals surface area contributed by atoms with E-state index in [1.807, 2.05) is 30.3 Å². The van der Waals surface area contributed by atoms with Gasteiger partial charge in [-0.2, -0.15) is 0 Å². The first-order valence-corrected chi connectivity index (χ1v) is 8.90. The SMILES string of the molecule is CC(C)[Si](Cl)(C#Cc1ccccc1)C(C)C. The van der Waals surface area contributed by atoms with Crippen LogP contribution in [0.2, 0.25) is 11.1 Å². The highest BCUT2D eigenvalue weighted by atomic mass is 35.6. The third-order valence-electron chi connectivity index (χ3n) is 2.85. The van der Waals surface area contributed by atoms with Crippen LogP contribution in [0.3, 0.4) is 0 Å². The van der Waals surface area contributed by atoms with Gasteiger partial charge < -0.3 is 0 Å². The molecule has 1 aromatic carbocycles.